The Bertz CT molecular complexity index is 1340. The van der Waals surface area contributed by atoms with Crippen LogP contribution < -0.4 is 5.32 Å². The third kappa shape index (κ3) is 5.88. The summed E-state index contributed by atoms with van der Waals surface area (Å²) in [5.41, 5.74) is 5.98. The number of thiophene rings is 1. The summed E-state index contributed by atoms with van der Waals surface area (Å²) in [7, 11) is 1.33. The lowest BCUT2D eigenvalue weighted by Crippen LogP contribution is -2.25. The number of nitrogens with one attached hydrogen (secondary N) is 1. The number of rotatable bonds is 8. The van der Waals surface area contributed by atoms with E-state index in [1.165, 1.54) is 24.6 Å². The van der Waals surface area contributed by atoms with Gasteiger partial charge in [0.1, 0.15) is 0 Å². The Balaban J connectivity index is 1.33. The molecule has 6 nitrogen and oxygen atoms in total. The van der Waals surface area contributed by atoms with E-state index in [0.29, 0.717) is 29.0 Å². The quantitative estimate of drug-likeness (QED) is 0.266. The number of methoxy groups -OCH3 is 1. The zero-order valence-electron chi connectivity index (χ0n) is 19.4. The van der Waals surface area contributed by atoms with Crippen molar-refractivity contribution >= 4 is 29.0 Å². The summed E-state index contributed by atoms with van der Waals surface area (Å²) in [6.45, 7) is 2.00. The molecule has 0 atom stereocenters. The fraction of sp³-hybridized carbons (Fsp3) is 0.143. The van der Waals surface area contributed by atoms with Crippen LogP contribution in [0.3, 0.4) is 0 Å². The largest absolute Gasteiger partial charge is 0.465 e. The Morgan fingerprint density at radius 1 is 0.857 bits per heavy atom. The molecule has 0 aliphatic carbocycles. The Kier molecular flexibility index (Phi) is 7.48. The van der Waals surface area contributed by atoms with Gasteiger partial charge in [0.2, 0.25) is 0 Å². The minimum atomic E-state index is -0.427. The first-order valence-corrected chi connectivity index (χ1v) is 11.9. The van der Waals surface area contributed by atoms with Gasteiger partial charge in [-0.2, -0.15) is 0 Å². The number of nitrogens with zero attached hydrogens (tertiary/aromatic N) is 1. The maximum absolute atomic E-state index is 12.6. The topological polar surface area (TPSA) is 85.4 Å². The number of hydrogen-bond acceptors (Lipinski definition) is 6. The number of Topliss-reactive ketones (excluding diaryl/α,β-unsaturated/α-hetero) is 1. The molecule has 0 saturated carbocycles. The van der Waals surface area contributed by atoms with Gasteiger partial charge in [0, 0.05) is 30.4 Å². The number of carbonyl (C=O) groups excluding carboxylic acids is 3. The molecule has 0 radical (unpaired) electrons. The van der Waals surface area contributed by atoms with Gasteiger partial charge in [0.15, 0.2) is 5.78 Å². The average molecular weight is 485 g/mol. The smallest absolute Gasteiger partial charge is 0.339 e. The zero-order chi connectivity index (χ0) is 24.8. The molecule has 1 amide bonds. The third-order valence-electron chi connectivity index (χ3n) is 5.58. The molecular weight excluding hydrogens is 460 g/mol. The molecule has 2 aromatic carbocycles. The molecule has 7 heteroatoms. The van der Waals surface area contributed by atoms with E-state index in [-0.39, 0.29) is 11.7 Å². The normalized spacial score (nSPS) is 10.6. The van der Waals surface area contributed by atoms with Gasteiger partial charge in [-0.25, -0.2) is 4.79 Å². The van der Waals surface area contributed by atoms with Crippen LogP contribution in [0.2, 0.25) is 0 Å². The van der Waals surface area contributed by atoms with Crippen LogP contribution in [-0.4, -0.2) is 36.3 Å². The first kappa shape index (κ1) is 24.0. The molecule has 0 aliphatic rings. The number of benzene rings is 2. The number of amides is 1. The van der Waals surface area contributed by atoms with Crippen molar-refractivity contribution in [1.82, 2.24) is 10.3 Å². The number of ether oxygens (including phenoxy) is 1. The monoisotopic (exact) mass is 484 g/mol. The molecule has 0 fully saturated rings. The van der Waals surface area contributed by atoms with Crippen molar-refractivity contribution < 1.29 is 19.1 Å². The van der Waals surface area contributed by atoms with Gasteiger partial charge >= 0.3 is 5.97 Å². The molecule has 4 aromatic rings. The van der Waals surface area contributed by atoms with Crippen molar-refractivity contribution in [2.24, 2.45) is 0 Å². The second kappa shape index (κ2) is 10.9. The molecule has 0 bridgehead atoms. The highest BCUT2D eigenvalue weighted by atomic mass is 32.1. The Hall–Kier alpha value is -4.10. The number of ketones is 1. The van der Waals surface area contributed by atoms with Gasteiger partial charge in [-0.05, 0) is 52.8 Å². The summed E-state index contributed by atoms with van der Waals surface area (Å²) in [5.74, 6) is -0.506. The molecule has 176 valence electrons. The van der Waals surface area contributed by atoms with Gasteiger partial charge < -0.3 is 10.1 Å². The van der Waals surface area contributed by atoms with E-state index in [1.807, 2.05) is 60.0 Å². The van der Waals surface area contributed by atoms with Crippen molar-refractivity contribution in [3.8, 4) is 22.3 Å². The zero-order valence-corrected chi connectivity index (χ0v) is 20.2. The third-order valence-corrected chi connectivity index (χ3v) is 6.51. The summed E-state index contributed by atoms with van der Waals surface area (Å²) >= 11 is 1.40. The van der Waals surface area contributed by atoms with Crippen LogP contribution in [0.25, 0.3) is 22.3 Å². The van der Waals surface area contributed by atoms with Crippen molar-refractivity contribution in [2.45, 2.75) is 13.3 Å². The standard InChI is InChI=1S/C28H24N2O4S/c1-18(31)19-3-5-20(6-4-19)21-7-9-22(10-8-21)24-15-26(35-17-24)27(32)29-14-13-25-12-11-23(16-30-25)28(33)34-2/h3-12,15-17H,13-14H2,1-2H3,(H,29,32). The first-order valence-electron chi connectivity index (χ1n) is 11.1. The predicted octanol–water partition coefficient (Wildman–Crippen LogP) is 5.44. The maximum atomic E-state index is 12.6. The van der Waals surface area contributed by atoms with Crippen molar-refractivity contribution in [2.75, 3.05) is 13.7 Å². The predicted molar refractivity (Wildman–Crippen MR) is 137 cm³/mol. The van der Waals surface area contributed by atoms with Crippen LogP contribution in [0.4, 0.5) is 0 Å². The number of carbonyl (C=O) groups is 3. The van der Waals surface area contributed by atoms with E-state index in [2.05, 4.69) is 15.0 Å². The molecule has 2 aromatic heterocycles. The molecule has 0 unspecified atom stereocenters. The number of hydrogen-bond donors (Lipinski definition) is 1. The minimum absolute atomic E-state index is 0.0511. The summed E-state index contributed by atoms with van der Waals surface area (Å²) in [4.78, 5) is 40.4. The number of aromatic nitrogens is 1. The SMILES string of the molecule is COC(=O)c1ccc(CCNC(=O)c2cc(-c3ccc(-c4ccc(C(C)=O)cc4)cc3)cs2)nc1. The minimum Gasteiger partial charge on any atom is -0.465 e. The van der Waals surface area contributed by atoms with Crippen molar-refractivity contribution in [1.29, 1.82) is 0 Å². The molecule has 2 heterocycles. The van der Waals surface area contributed by atoms with E-state index in [4.69, 9.17) is 0 Å². The second-order valence-electron chi connectivity index (χ2n) is 7.95. The molecule has 1 N–H and O–H groups in total. The first-order chi connectivity index (χ1) is 16.9. The van der Waals surface area contributed by atoms with Crippen LogP contribution in [0, 0.1) is 0 Å². The Morgan fingerprint density at radius 2 is 1.46 bits per heavy atom. The van der Waals surface area contributed by atoms with E-state index >= 15 is 0 Å². The summed E-state index contributed by atoms with van der Waals surface area (Å²) < 4.78 is 4.66. The summed E-state index contributed by atoms with van der Waals surface area (Å²) in [6.07, 6.45) is 2.03. The van der Waals surface area contributed by atoms with Crippen molar-refractivity contribution in [3.05, 3.63) is 100 Å². The van der Waals surface area contributed by atoms with Gasteiger partial charge in [0.25, 0.3) is 5.91 Å². The van der Waals surface area contributed by atoms with Crippen LogP contribution in [0.15, 0.2) is 78.3 Å². The molecule has 4 rings (SSSR count). The lowest BCUT2D eigenvalue weighted by atomic mass is 10.00. The number of esters is 1. The van der Waals surface area contributed by atoms with Gasteiger partial charge in [-0.15, -0.1) is 11.3 Å². The molecular formula is C28H24N2O4S. The average Bonchev–Trinajstić information content (AvgIpc) is 3.39. The summed E-state index contributed by atoms with van der Waals surface area (Å²) in [6, 6.07) is 21.0. The maximum Gasteiger partial charge on any atom is 0.339 e. The van der Waals surface area contributed by atoms with Gasteiger partial charge in [-0.1, -0.05) is 48.5 Å². The molecule has 0 saturated heterocycles. The van der Waals surface area contributed by atoms with Crippen LogP contribution in [-0.2, 0) is 11.2 Å². The fourth-order valence-electron chi connectivity index (χ4n) is 3.56. The lowest BCUT2D eigenvalue weighted by Gasteiger charge is -2.05. The van der Waals surface area contributed by atoms with Gasteiger partial charge in [0.05, 0.1) is 17.6 Å². The highest BCUT2D eigenvalue weighted by Gasteiger charge is 2.11. The van der Waals surface area contributed by atoms with Crippen LogP contribution >= 0.6 is 11.3 Å². The van der Waals surface area contributed by atoms with E-state index in [0.717, 1.165) is 27.9 Å². The molecule has 35 heavy (non-hydrogen) atoms. The Morgan fingerprint density at radius 3 is 2.03 bits per heavy atom. The van der Waals surface area contributed by atoms with Crippen molar-refractivity contribution in [3.63, 3.8) is 0 Å². The Labute approximate surface area is 207 Å². The highest BCUT2D eigenvalue weighted by molar-refractivity contribution is 7.12. The van der Waals surface area contributed by atoms with Crippen LogP contribution in [0.1, 0.15) is 43.0 Å². The fourth-order valence-corrected chi connectivity index (χ4v) is 4.39. The van der Waals surface area contributed by atoms with Gasteiger partial charge in [-0.3, -0.25) is 14.6 Å². The van der Waals surface area contributed by atoms with E-state index in [1.54, 1.807) is 19.1 Å². The molecule has 0 aliphatic heterocycles. The number of pyridine rings is 1. The highest BCUT2D eigenvalue weighted by Crippen LogP contribution is 2.28. The lowest BCUT2D eigenvalue weighted by molar-refractivity contribution is 0.0600. The molecule has 0 spiro atoms. The summed E-state index contributed by atoms with van der Waals surface area (Å²) in [5, 5.41) is 4.89. The van der Waals surface area contributed by atoms with E-state index in [9.17, 15) is 14.4 Å². The second-order valence-corrected chi connectivity index (χ2v) is 8.86. The van der Waals surface area contributed by atoms with E-state index < -0.39 is 5.97 Å². The van der Waals surface area contributed by atoms with Crippen LogP contribution in [0.5, 0.6) is 0 Å².